The first-order chi connectivity index (χ1) is 17.0. The van der Waals surface area contributed by atoms with Crippen molar-refractivity contribution in [2.24, 2.45) is 5.92 Å². The molecule has 1 amide bonds. The van der Waals surface area contributed by atoms with E-state index in [4.69, 9.17) is 5.73 Å². The monoisotopic (exact) mass is 468 g/mol. The van der Waals surface area contributed by atoms with Crippen LogP contribution in [0.1, 0.15) is 48.5 Å². The van der Waals surface area contributed by atoms with Crippen LogP contribution < -0.4 is 16.0 Å². The molecule has 1 aliphatic carbocycles. The van der Waals surface area contributed by atoms with Crippen LogP contribution >= 0.6 is 0 Å². The van der Waals surface area contributed by atoms with Gasteiger partial charge >= 0.3 is 0 Å². The number of benzene rings is 3. The Morgan fingerprint density at radius 3 is 2.26 bits per heavy atom. The van der Waals surface area contributed by atoms with Gasteiger partial charge in [0.05, 0.1) is 0 Å². The molecule has 1 aliphatic heterocycles. The van der Waals surface area contributed by atoms with Crippen molar-refractivity contribution in [1.29, 1.82) is 0 Å². The summed E-state index contributed by atoms with van der Waals surface area (Å²) in [5.74, 6) is 0.659. The second-order valence-electron chi connectivity index (χ2n) is 10.2. The minimum absolute atomic E-state index is 0.0250. The number of hydrogen-bond acceptors (Lipinski definition) is 4. The SMILES string of the molecule is C[C@H]1CC[C@](c2cccc(NC(=O)c3ccc(N)cc3)c2)(N2CCN(c3ccccc3)CC2)CC1. The van der Waals surface area contributed by atoms with E-state index in [0.29, 0.717) is 11.3 Å². The van der Waals surface area contributed by atoms with Crippen molar-refractivity contribution < 1.29 is 4.79 Å². The van der Waals surface area contributed by atoms with Gasteiger partial charge in [-0.15, -0.1) is 0 Å². The highest BCUT2D eigenvalue weighted by Crippen LogP contribution is 2.45. The summed E-state index contributed by atoms with van der Waals surface area (Å²) in [7, 11) is 0. The summed E-state index contributed by atoms with van der Waals surface area (Å²) in [6, 6.07) is 26.4. The van der Waals surface area contributed by atoms with Crippen molar-refractivity contribution in [3.05, 3.63) is 90.0 Å². The van der Waals surface area contributed by atoms with E-state index in [1.807, 2.05) is 6.07 Å². The number of carbonyl (C=O) groups is 1. The summed E-state index contributed by atoms with van der Waals surface area (Å²) in [6.07, 6.45) is 4.80. The number of anilines is 3. The van der Waals surface area contributed by atoms with Gasteiger partial charge in [0.2, 0.25) is 0 Å². The second kappa shape index (κ2) is 10.1. The Bertz CT molecular complexity index is 1130. The zero-order valence-electron chi connectivity index (χ0n) is 20.6. The number of nitrogens with one attached hydrogen (secondary N) is 1. The molecular weight excluding hydrogens is 432 g/mol. The van der Waals surface area contributed by atoms with Gasteiger partial charge in [-0.1, -0.05) is 37.3 Å². The van der Waals surface area contributed by atoms with Gasteiger partial charge in [-0.3, -0.25) is 9.69 Å². The van der Waals surface area contributed by atoms with E-state index in [1.54, 1.807) is 24.3 Å². The van der Waals surface area contributed by atoms with E-state index in [2.05, 4.69) is 70.6 Å². The molecule has 35 heavy (non-hydrogen) atoms. The first-order valence-corrected chi connectivity index (χ1v) is 12.9. The fourth-order valence-electron chi connectivity index (χ4n) is 5.78. The van der Waals surface area contributed by atoms with Crippen LogP contribution in [-0.4, -0.2) is 37.0 Å². The topological polar surface area (TPSA) is 61.6 Å². The molecule has 1 saturated heterocycles. The largest absolute Gasteiger partial charge is 0.399 e. The van der Waals surface area contributed by atoms with Crippen LogP contribution in [0.3, 0.4) is 0 Å². The van der Waals surface area contributed by atoms with Crippen LogP contribution in [0.25, 0.3) is 0 Å². The fourth-order valence-corrected chi connectivity index (χ4v) is 5.78. The number of rotatable bonds is 5. The van der Waals surface area contributed by atoms with E-state index in [0.717, 1.165) is 50.6 Å². The number of carbonyl (C=O) groups excluding carboxylic acids is 1. The molecule has 2 fully saturated rings. The van der Waals surface area contributed by atoms with Gasteiger partial charge in [-0.2, -0.15) is 0 Å². The highest BCUT2D eigenvalue weighted by atomic mass is 16.1. The lowest BCUT2D eigenvalue weighted by molar-refractivity contribution is 0.0299. The molecule has 1 heterocycles. The van der Waals surface area contributed by atoms with Gasteiger partial charge in [0.25, 0.3) is 5.91 Å². The first-order valence-electron chi connectivity index (χ1n) is 12.9. The third-order valence-electron chi connectivity index (χ3n) is 7.94. The molecule has 1 saturated carbocycles. The Hall–Kier alpha value is -3.31. The Kier molecular flexibility index (Phi) is 6.78. The molecule has 0 radical (unpaired) electrons. The van der Waals surface area contributed by atoms with Crippen molar-refractivity contribution in [3.63, 3.8) is 0 Å². The van der Waals surface area contributed by atoms with Crippen molar-refractivity contribution in [2.45, 2.75) is 38.1 Å². The number of para-hydroxylation sites is 1. The summed E-state index contributed by atoms with van der Waals surface area (Å²) < 4.78 is 0. The van der Waals surface area contributed by atoms with E-state index in [9.17, 15) is 4.79 Å². The van der Waals surface area contributed by atoms with Crippen molar-refractivity contribution in [1.82, 2.24) is 4.90 Å². The summed E-state index contributed by atoms with van der Waals surface area (Å²) in [4.78, 5) is 18.1. The van der Waals surface area contributed by atoms with E-state index >= 15 is 0 Å². The number of nitrogen functional groups attached to an aromatic ring is 1. The third kappa shape index (κ3) is 5.06. The van der Waals surface area contributed by atoms with Gasteiger partial charge in [-0.25, -0.2) is 0 Å². The van der Waals surface area contributed by atoms with Crippen LogP contribution in [0.15, 0.2) is 78.9 Å². The minimum Gasteiger partial charge on any atom is -0.399 e. The summed E-state index contributed by atoms with van der Waals surface area (Å²) in [5.41, 5.74) is 10.6. The average molecular weight is 469 g/mol. The molecule has 0 bridgehead atoms. The van der Waals surface area contributed by atoms with Gasteiger partial charge in [0.15, 0.2) is 0 Å². The summed E-state index contributed by atoms with van der Waals surface area (Å²) >= 11 is 0. The van der Waals surface area contributed by atoms with Crippen LogP contribution in [0.5, 0.6) is 0 Å². The normalized spacial score (nSPS) is 23.1. The predicted octanol–water partition coefficient (Wildman–Crippen LogP) is 5.75. The molecule has 182 valence electrons. The lowest BCUT2D eigenvalue weighted by Gasteiger charge is -2.51. The zero-order valence-corrected chi connectivity index (χ0v) is 20.6. The predicted molar refractivity (Wildman–Crippen MR) is 145 cm³/mol. The molecule has 5 nitrogen and oxygen atoms in total. The smallest absolute Gasteiger partial charge is 0.255 e. The minimum atomic E-state index is -0.107. The second-order valence-corrected chi connectivity index (χ2v) is 10.2. The highest BCUT2D eigenvalue weighted by molar-refractivity contribution is 6.04. The molecule has 0 atom stereocenters. The zero-order chi connectivity index (χ0) is 24.3. The third-order valence-corrected chi connectivity index (χ3v) is 7.94. The molecule has 2 aliphatic rings. The molecule has 3 N–H and O–H groups in total. The Morgan fingerprint density at radius 2 is 1.57 bits per heavy atom. The quantitative estimate of drug-likeness (QED) is 0.468. The Balaban J connectivity index is 1.36. The van der Waals surface area contributed by atoms with Crippen LogP contribution in [0.2, 0.25) is 0 Å². The summed E-state index contributed by atoms with van der Waals surface area (Å²) in [5, 5.41) is 3.11. The number of amides is 1. The van der Waals surface area contributed by atoms with Crippen molar-refractivity contribution >= 4 is 23.0 Å². The number of hydrogen-bond donors (Lipinski definition) is 2. The summed E-state index contributed by atoms with van der Waals surface area (Å²) in [6.45, 7) is 6.54. The van der Waals surface area contributed by atoms with Gasteiger partial charge in [-0.05, 0) is 85.7 Å². The Labute approximate surface area is 208 Å². The number of nitrogens with two attached hydrogens (primary N) is 1. The van der Waals surface area contributed by atoms with E-state index in [-0.39, 0.29) is 11.4 Å². The van der Waals surface area contributed by atoms with Crippen molar-refractivity contribution in [2.75, 3.05) is 42.1 Å². The average Bonchev–Trinajstić information content (AvgIpc) is 2.90. The molecule has 0 unspecified atom stereocenters. The molecule has 5 heteroatoms. The maximum absolute atomic E-state index is 12.8. The molecule has 5 rings (SSSR count). The van der Waals surface area contributed by atoms with E-state index in [1.165, 1.54) is 24.1 Å². The highest BCUT2D eigenvalue weighted by Gasteiger charge is 2.42. The van der Waals surface area contributed by atoms with E-state index < -0.39 is 0 Å². The molecule has 3 aromatic carbocycles. The van der Waals surface area contributed by atoms with Crippen LogP contribution in [0, 0.1) is 5.92 Å². The fraction of sp³-hybridized carbons (Fsp3) is 0.367. The molecule has 0 spiro atoms. The lowest BCUT2D eigenvalue weighted by Crippen LogP contribution is -2.56. The van der Waals surface area contributed by atoms with Gasteiger partial charge in [0, 0.05) is 54.3 Å². The van der Waals surface area contributed by atoms with Gasteiger partial charge < -0.3 is 16.0 Å². The first kappa shape index (κ1) is 23.4. The molecular formula is C30H36N4O. The lowest BCUT2D eigenvalue weighted by atomic mass is 9.71. The number of piperazine rings is 1. The molecule has 0 aromatic heterocycles. The van der Waals surface area contributed by atoms with Gasteiger partial charge in [0.1, 0.15) is 0 Å². The molecule has 3 aromatic rings. The van der Waals surface area contributed by atoms with Crippen LogP contribution in [-0.2, 0) is 5.54 Å². The Morgan fingerprint density at radius 1 is 0.886 bits per heavy atom. The van der Waals surface area contributed by atoms with Crippen molar-refractivity contribution in [3.8, 4) is 0 Å². The maximum Gasteiger partial charge on any atom is 0.255 e. The number of nitrogens with zero attached hydrogens (tertiary/aromatic N) is 2. The van der Waals surface area contributed by atoms with Crippen LogP contribution in [0.4, 0.5) is 17.1 Å². The maximum atomic E-state index is 12.8. The standard InChI is InChI=1S/C30H36N4O/c1-23-14-16-30(17-15-23,34-20-18-33(19-21-34)28-8-3-2-4-9-28)25-6-5-7-27(22-25)32-29(35)24-10-12-26(31)13-11-24/h2-13,22-23H,14-21,31H2,1H3,(H,32,35)/t23-,30-.